The van der Waals surface area contributed by atoms with Crippen molar-refractivity contribution in [2.24, 2.45) is 0 Å². The minimum absolute atomic E-state index is 0.0904. The van der Waals surface area contributed by atoms with Crippen molar-refractivity contribution in [1.29, 1.82) is 0 Å². The highest BCUT2D eigenvalue weighted by molar-refractivity contribution is 5.79. The number of hydrogen-bond donors (Lipinski definition) is 2. The van der Waals surface area contributed by atoms with Gasteiger partial charge in [-0.3, -0.25) is 4.79 Å². The zero-order chi connectivity index (χ0) is 24.0. The molecule has 0 saturated heterocycles. The van der Waals surface area contributed by atoms with E-state index in [2.05, 4.69) is 5.32 Å². The Morgan fingerprint density at radius 3 is 2.42 bits per heavy atom. The lowest BCUT2D eigenvalue weighted by Crippen LogP contribution is -2.39. The molecule has 2 aliphatic carbocycles. The molecular weight excluding hydrogens is 445 g/mol. The number of nitrogens with one attached hydrogen (secondary N) is 1. The highest BCUT2D eigenvalue weighted by Gasteiger charge is 2.47. The van der Waals surface area contributed by atoms with Crippen molar-refractivity contribution < 1.29 is 36.6 Å². The second-order valence-corrected chi connectivity index (χ2v) is 9.17. The topological polar surface area (TPSA) is 58.6 Å². The summed E-state index contributed by atoms with van der Waals surface area (Å²) in [5.41, 5.74) is -1.36. The van der Waals surface area contributed by atoms with Gasteiger partial charge in [-0.15, -0.1) is 0 Å². The summed E-state index contributed by atoms with van der Waals surface area (Å²) in [5, 5.41) is 13.5. The molecule has 2 aromatic carbocycles. The molecule has 1 amide bonds. The maximum absolute atomic E-state index is 14.1. The normalized spacial score (nSPS) is 19.0. The smallest absolute Gasteiger partial charge is 0.422 e. The Hall–Kier alpha value is -2.68. The van der Waals surface area contributed by atoms with E-state index >= 15 is 0 Å². The third-order valence-electron chi connectivity index (χ3n) is 6.08. The fourth-order valence-corrected chi connectivity index (χ4v) is 4.06. The Morgan fingerprint density at radius 2 is 1.85 bits per heavy atom. The van der Waals surface area contributed by atoms with E-state index in [0.29, 0.717) is 24.5 Å². The molecule has 0 bridgehead atoms. The molecule has 4 rings (SSSR count). The van der Waals surface area contributed by atoms with E-state index < -0.39 is 47.9 Å². The summed E-state index contributed by atoms with van der Waals surface area (Å²) < 4.78 is 70.2. The first-order valence-electron chi connectivity index (χ1n) is 10.7. The summed E-state index contributed by atoms with van der Waals surface area (Å²) in [6.45, 7) is -0.148. The molecule has 2 N–H and O–H groups in total. The van der Waals surface area contributed by atoms with Crippen LogP contribution in [0.4, 0.5) is 22.0 Å². The van der Waals surface area contributed by atoms with Crippen molar-refractivity contribution >= 4 is 5.91 Å². The molecule has 0 aliphatic heterocycles. The van der Waals surface area contributed by atoms with Gasteiger partial charge in [0.25, 0.3) is 0 Å². The summed E-state index contributed by atoms with van der Waals surface area (Å²) in [6.07, 6.45) is -1.93. The summed E-state index contributed by atoms with van der Waals surface area (Å²) in [4.78, 5) is 12.8. The molecule has 0 heterocycles. The number of aliphatic hydroxyl groups is 1. The maximum Gasteiger partial charge on any atom is 0.422 e. The van der Waals surface area contributed by atoms with Crippen LogP contribution in [-0.4, -0.2) is 23.8 Å². The van der Waals surface area contributed by atoms with E-state index in [4.69, 9.17) is 4.74 Å². The summed E-state index contributed by atoms with van der Waals surface area (Å²) in [6, 6.07) is 7.71. The average molecular weight is 469 g/mol. The predicted molar refractivity (Wildman–Crippen MR) is 110 cm³/mol. The number of amides is 1. The number of rotatable bonds is 8. The third-order valence-corrected chi connectivity index (χ3v) is 6.08. The molecule has 33 heavy (non-hydrogen) atoms. The van der Waals surface area contributed by atoms with Gasteiger partial charge >= 0.3 is 6.18 Å². The van der Waals surface area contributed by atoms with Crippen molar-refractivity contribution in [1.82, 2.24) is 5.32 Å². The van der Waals surface area contributed by atoms with Gasteiger partial charge in [0.1, 0.15) is 17.4 Å². The number of benzene rings is 2. The second kappa shape index (κ2) is 8.27. The van der Waals surface area contributed by atoms with Gasteiger partial charge in [0, 0.05) is 11.6 Å². The first kappa shape index (κ1) is 23.5. The number of halogens is 5. The Labute approximate surface area is 187 Å². The molecule has 2 aliphatic rings. The van der Waals surface area contributed by atoms with Gasteiger partial charge in [-0.05, 0) is 67.9 Å². The molecule has 0 radical (unpaired) electrons. The van der Waals surface area contributed by atoms with Crippen molar-refractivity contribution in [2.75, 3.05) is 6.61 Å². The molecule has 0 aromatic heterocycles. The lowest BCUT2D eigenvalue weighted by Gasteiger charge is -2.26. The van der Waals surface area contributed by atoms with Crippen LogP contribution in [0.15, 0.2) is 36.4 Å². The second-order valence-electron chi connectivity index (χ2n) is 9.17. The van der Waals surface area contributed by atoms with Crippen LogP contribution in [0.1, 0.15) is 61.6 Å². The highest BCUT2D eigenvalue weighted by Crippen LogP contribution is 2.49. The summed E-state index contributed by atoms with van der Waals surface area (Å²) in [7, 11) is 0. The van der Waals surface area contributed by atoms with E-state index in [1.165, 1.54) is 13.0 Å². The van der Waals surface area contributed by atoms with E-state index in [0.717, 1.165) is 30.5 Å². The zero-order valence-corrected chi connectivity index (χ0v) is 17.9. The Bertz CT molecular complexity index is 1060. The van der Waals surface area contributed by atoms with Crippen LogP contribution in [0.25, 0.3) is 0 Å². The van der Waals surface area contributed by atoms with Crippen LogP contribution in [0.3, 0.4) is 0 Å². The van der Waals surface area contributed by atoms with E-state index in [1.54, 1.807) is 6.07 Å². The van der Waals surface area contributed by atoms with Crippen molar-refractivity contribution in [2.45, 2.75) is 62.3 Å². The van der Waals surface area contributed by atoms with Crippen molar-refractivity contribution in [3.8, 4) is 5.75 Å². The Kier molecular flexibility index (Phi) is 5.88. The maximum atomic E-state index is 14.1. The summed E-state index contributed by atoms with van der Waals surface area (Å²) in [5.74, 6) is -1.97. The molecule has 9 heteroatoms. The number of carbonyl (C=O) groups is 1. The molecule has 4 nitrogen and oxygen atoms in total. The van der Waals surface area contributed by atoms with Crippen LogP contribution < -0.4 is 10.1 Å². The average Bonchev–Trinajstić information content (AvgIpc) is 3.59. The van der Waals surface area contributed by atoms with Crippen molar-refractivity contribution in [3.05, 3.63) is 64.7 Å². The number of carbonyl (C=O) groups excluding carboxylic acids is 1. The van der Waals surface area contributed by atoms with Crippen LogP contribution in [0.5, 0.6) is 5.75 Å². The van der Waals surface area contributed by atoms with Gasteiger partial charge in [-0.1, -0.05) is 12.1 Å². The molecule has 1 atom stereocenters. The van der Waals surface area contributed by atoms with Crippen molar-refractivity contribution in [3.63, 3.8) is 0 Å². The quantitative estimate of drug-likeness (QED) is 0.524. The number of hydrogen-bond acceptors (Lipinski definition) is 3. The first-order chi connectivity index (χ1) is 15.4. The molecule has 0 spiro atoms. The molecule has 0 unspecified atom stereocenters. The van der Waals surface area contributed by atoms with Gasteiger partial charge in [-0.2, -0.15) is 13.2 Å². The van der Waals surface area contributed by atoms with E-state index in [9.17, 15) is 31.9 Å². The van der Waals surface area contributed by atoms with Gasteiger partial charge in [0.2, 0.25) is 5.91 Å². The Balaban J connectivity index is 1.51. The standard InChI is InChI=1S/C24H24F5NO3/c1-22(32,19-5-4-17(25)11-20(19)26)12-21(31)30-23(6-7-23)16-8-15(14-2-3-14)9-18(10-16)33-13-24(27,28)29/h4-5,8-11,14,32H,2-3,6-7,12-13H2,1H3,(H,30,31)/t22-/m0/s1. The molecule has 2 saturated carbocycles. The SMILES string of the molecule is C[C@](O)(CC(=O)NC1(c2cc(OCC(F)(F)F)cc(C3CC3)c2)CC1)c1ccc(F)cc1F. The van der Waals surface area contributed by atoms with Gasteiger partial charge < -0.3 is 15.2 Å². The van der Waals surface area contributed by atoms with E-state index in [1.807, 2.05) is 6.07 Å². The van der Waals surface area contributed by atoms with Crippen LogP contribution in [-0.2, 0) is 15.9 Å². The van der Waals surface area contributed by atoms with Gasteiger partial charge in [0.05, 0.1) is 17.6 Å². The molecule has 2 fully saturated rings. The van der Waals surface area contributed by atoms with Gasteiger partial charge in [-0.25, -0.2) is 8.78 Å². The number of ether oxygens (including phenoxy) is 1. The van der Waals surface area contributed by atoms with Crippen LogP contribution in [0, 0.1) is 11.6 Å². The molecule has 178 valence electrons. The number of alkyl halides is 3. The lowest BCUT2D eigenvalue weighted by molar-refractivity contribution is -0.153. The zero-order valence-electron chi connectivity index (χ0n) is 17.9. The first-order valence-corrected chi connectivity index (χ1v) is 10.7. The Morgan fingerprint density at radius 1 is 1.15 bits per heavy atom. The van der Waals surface area contributed by atoms with Gasteiger partial charge in [0.15, 0.2) is 6.61 Å². The lowest BCUT2D eigenvalue weighted by atomic mass is 9.91. The predicted octanol–water partition coefficient (Wildman–Crippen LogP) is 5.19. The molecule has 2 aromatic rings. The highest BCUT2D eigenvalue weighted by atomic mass is 19.4. The summed E-state index contributed by atoms with van der Waals surface area (Å²) >= 11 is 0. The minimum Gasteiger partial charge on any atom is -0.484 e. The molecular formula is C24H24F5NO3. The van der Waals surface area contributed by atoms with Crippen LogP contribution in [0.2, 0.25) is 0 Å². The fraction of sp³-hybridized carbons (Fsp3) is 0.458. The largest absolute Gasteiger partial charge is 0.484 e. The fourth-order valence-electron chi connectivity index (χ4n) is 4.06. The minimum atomic E-state index is -4.47. The third kappa shape index (κ3) is 5.63. The van der Waals surface area contributed by atoms with Crippen LogP contribution >= 0.6 is 0 Å². The van der Waals surface area contributed by atoms with E-state index in [-0.39, 0.29) is 17.2 Å². The monoisotopic (exact) mass is 469 g/mol.